The van der Waals surface area contributed by atoms with Crippen molar-refractivity contribution in [2.75, 3.05) is 0 Å². The van der Waals surface area contributed by atoms with Crippen LogP contribution in [0.15, 0.2) is 39.2 Å². The van der Waals surface area contributed by atoms with Crippen molar-refractivity contribution in [3.05, 3.63) is 56.0 Å². The Morgan fingerprint density at radius 3 is 2.81 bits per heavy atom. The molecule has 0 aliphatic carbocycles. The standard InChI is InChI=1S/C16H15ClN6O4/c1-21-14-13(15(26)22(2)16(21)27)18-8-23(14)7-12(25)20-19-6-9-5-10(17)3-4-11(9)24/h3-6,8,24H,7H2,1-2H3,(H,20,25)/b19-6+. The van der Waals surface area contributed by atoms with E-state index >= 15 is 0 Å². The topological polar surface area (TPSA) is 124 Å². The average Bonchev–Trinajstić information content (AvgIpc) is 3.04. The number of benzene rings is 1. The van der Waals surface area contributed by atoms with Crippen molar-refractivity contribution in [2.45, 2.75) is 6.54 Å². The highest BCUT2D eigenvalue weighted by Crippen LogP contribution is 2.19. The number of fused-ring (bicyclic) bond motifs is 1. The quantitative estimate of drug-likeness (QED) is 0.477. The van der Waals surface area contributed by atoms with Crippen molar-refractivity contribution in [2.24, 2.45) is 19.2 Å². The molecule has 140 valence electrons. The minimum atomic E-state index is -0.540. The molecular formula is C16H15ClN6O4. The Kier molecular flexibility index (Phi) is 4.82. The fourth-order valence-electron chi connectivity index (χ4n) is 2.55. The molecule has 2 heterocycles. The smallest absolute Gasteiger partial charge is 0.332 e. The third-order valence-electron chi connectivity index (χ3n) is 3.91. The first-order valence-electron chi connectivity index (χ1n) is 7.71. The number of hydrogen-bond donors (Lipinski definition) is 2. The molecular weight excluding hydrogens is 376 g/mol. The number of phenols is 1. The molecule has 1 amide bonds. The zero-order chi connectivity index (χ0) is 19.7. The van der Waals surface area contributed by atoms with Gasteiger partial charge >= 0.3 is 5.69 Å². The minimum Gasteiger partial charge on any atom is -0.507 e. The Bertz CT molecular complexity index is 1190. The second-order valence-electron chi connectivity index (χ2n) is 5.75. The number of phenolic OH excluding ortho intramolecular Hbond substituents is 1. The van der Waals surface area contributed by atoms with Crippen LogP contribution >= 0.6 is 11.6 Å². The van der Waals surface area contributed by atoms with Gasteiger partial charge in [0.2, 0.25) is 0 Å². The summed E-state index contributed by atoms with van der Waals surface area (Å²) >= 11 is 5.83. The van der Waals surface area contributed by atoms with Crippen LogP contribution in [0, 0.1) is 0 Å². The van der Waals surface area contributed by atoms with Gasteiger partial charge in [0.05, 0.1) is 12.5 Å². The lowest BCUT2D eigenvalue weighted by atomic mass is 10.2. The van der Waals surface area contributed by atoms with Crippen molar-refractivity contribution in [3.8, 4) is 5.75 Å². The Morgan fingerprint density at radius 1 is 1.33 bits per heavy atom. The summed E-state index contributed by atoms with van der Waals surface area (Å²) in [6, 6.07) is 4.41. The van der Waals surface area contributed by atoms with Gasteiger partial charge in [-0.05, 0) is 18.2 Å². The molecule has 2 N–H and O–H groups in total. The molecule has 3 rings (SSSR count). The normalized spacial score (nSPS) is 11.4. The van der Waals surface area contributed by atoms with Crippen LogP contribution < -0.4 is 16.7 Å². The van der Waals surface area contributed by atoms with Gasteiger partial charge in [-0.1, -0.05) is 11.6 Å². The van der Waals surface area contributed by atoms with Gasteiger partial charge in [0.25, 0.3) is 11.5 Å². The molecule has 0 radical (unpaired) electrons. The summed E-state index contributed by atoms with van der Waals surface area (Å²) in [6.45, 7) is -0.212. The summed E-state index contributed by atoms with van der Waals surface area (Å²) < 4.78 is 3.56. The second-order valence-corrected chi connectivity index (χ2v) is 6.18. The fraction of sp³-hybridized carbons (Fsp3) is 0.188. The highest BCUT2D eigenvalue weighted by atomic mass is 35.5. The summed E-state index contributed by atoms with van der Waals surface area (Å²) in [5.74, 6) is -0.552. The van der Waals surface area contributed by atoms with E-state index in [1.54, 1.807) is 0 Å². The molecule has 11 heteroatoms. The van der Waals surface area contributed by atoms with Crippen molar-refractivity contribution < 1.29 is 9.90 Å². The second kappa shape index (κ2) is 7.08. The van der Waals surface area contributed by atoms with E-state index in [1.807, 2.05) is 0 Å². The van der Waals surface area contributed by atoms with Crippen LogP contribution in [-0.4, -0.2) is 35.9 Å². The predicted octanol–water partition coefficient (Wildman–Crippen LogP) is -0.0570. The van der Waals surface area contributed by atoms with Crippen LogP contribution in [0.3, 0.4) is 0 Å². The van der Waals surface area contributed by atoms with Crippen LogP contribution in [0.25, 0.3) is 11.2 Å². The number of hydrazone groups is 1. The zero-order valence-electron chi connectivity index (χ0n) is 14.4. The van der Waals surface area contributed by atoms with E-state index in [2.05, 4.69) is 15.5 Å². The van der Waals surface area contributed by atoms with E-state index < -0.39 is 17.2 Å². The van der Waals surface area contributed by atoms with E-state index in [4.69, 9.17) is 11.6 Å². The molecule has 1 aromatic carbocycles. The van der Waals surface area contributed by atoms with Gasteiger partial charge in [-0.15, -0.1) is 0 Å². The Morgan fingerprint density at radius 2 is 2.07 bits per heavy atom. The van der Waals surface area contributed by atoms with Gasteiger partial charge < -0.3 is 9.67 Å². The number of carbonyl (C=O) groups is 1. The lowest BCUT2D eigenvalue weighted by molar-refractivity contribution is -0.121. The number of aromatic nitrogens is 4. The van der Waals surface area contributed by atoms with Crippen LogP contribution in [0.5, 0.6) is 5.75 Å². The number of aromatic hydroxyl groups is 1. The number of imidazole rings is 1. The molecule has 27 heavy (non-hydrogen) atoms. The van der Waals surface area contributed by atoms with Gasteiger partial charge in [0, 0.05) is 24.7 Å². The van der Waals surface area contributed by atoms with Gasteiger partial charge in [-0.2, -0.15) is 5.10 Å². The third kappa shape index (κ3) is 3.47. The first-order valence-corrected chi connectivity index (χ1v) is 8.08. The number of carbonyl (C=O) groups excluding carboxylic acids is 1. The number of nitrogens with one attached hydrogen (secondary N) is 1. The Hall–Kier alpha value is -3.40. The van der Waals surface area contributed by atoms with Crippen molar-refractivity contribution in [1.82, 2.24) is 24.1 Å². The molecule has 0 unspecified atom stereocenters. The number of nitrogens with zero attached hydrogens (tertiary/aromatic N) is 5. The maximum atomic E-state index is 12.1. The lowest BCUT2D eigenvalue weighted by Crippen LogP contribution is -2.37. The van der Waals surface area contributed by atoms with Crippen molar-refractivity contribution in [3.63, 3.8) is 0 Å². The molecule has 0 saturated carbocycles. The summed E-state index contributed by atoms with van der Waals surface area (Å²) in [7, 11) is 2.84. The Labute approximate surface area is 156 Å². The van der Waals surface area contributed by atoms with Crippen LogP contribution in [0.2, 0.25) is 5.02 Å². The van der Waals surface area contributed by atoms with Gasteiger partial charge in [-0.3, -0.25) is 18.7 Å². The molecule has 0 spiro atoms. The molecule has 2 aromatic heterocycles. The molecule has 0 aliphatic rings. The maximum absolute atomic E-state index is 12.1. The summed E-state index contributed by atoms with van der Waals surface area (Å²) in [6.07, 6.45) is 2.55. The molecule has 10 nitrogen and oxygen atoms in total. The molecule has 0 aliphatic heterocycles. The monoisotopic (exact) mass is 390 g/mol. The first kappa shape index (κ1) is 18.4. The third-order valence-corrected chi connectivity index (χ3v) is 4.14. The van der Waals surface area contributed by atoms with E-state index in [0.717, 1.165) is 4.57 Å². The zero-order valence-corrected chi connectivity index (χ0v) is 15.1. The first-order chi connectivity index (χ1) is 12.8. The molecule has 0 atom stereocenters. The molecule has 3 aromatic rings. The van der Waals surface area contributed by atoms with Crippen molar-refractivity contribution in [1.29, 1.82) is 0 Å². The lowest BCUT2D eigenvalue weighted by Gasteiger charge is -2.07. The highest BCUT2D eigenvalue weighted by molar-refractivity contribution is 6.30. The summed E-state index contributed by atoms with van der Waals surface area (Å²) in [5, 5.41) is 13.9. The summed E-state index contributed by atoms with van der Waals surface area (Å²) in [4.78, 5) is 40.3. The number of hydrogen-bond acceptors (Lipinski definition) is 6. The van der Waals surface area contributed by atoms with Crippen LogP contribution in [0.4, 0.5) is 0 Å². The van der Waals surface area contributed by atoms with Crippen LogP contribution in [0.1, 0.15) is 5.56 Å². The van der Waals surface area contributed by atoms with Gasteiger partial charge in [0.15, 0.2) is 5.52 Å². The molecule has 0 fully saturated rings. The number of aryl methyl sites for hydroxylation is 1. The van der Waals surface area contributed by atoms with Gasteiger partial charge in [0.1, 0.15) is 17.9 Å². The van der Waals surface area contributed by atoms with E-state index in [1.165, 1.54) is 54.0 Å². The number of halogens is 1. The molecule has 0 saturated heterocycles. The van der Waals surface area contributed by atoms with E-state index in [9.17, 15) is 19.5 Å². The highest BCUT2D eigenvalue weighted by Gasteiger charge is 2.15. The van der Waals surface area contributed by atoms with E-state index in [0.29, 0.717) is 10.6 Å². The SMILES string of the molecule is Cn1c(=O)c2ncn(CC(=O)N/N=C/c3cc(Cl)ccc3O)c2n(C)c1=O. The predicted molar refractivity (Wildman–Crippen MR) is 99.1 cm³/mol. The maximum Gasteiger partial charge on any atom is 0.332 e. The fourth-order valence-corrected chi connectivity index (χ4v) is 2.73. The molecule has 0 bridgehead atoms. The largest absolute Gasteiger partial charge is 0.507 e. The van der Waals surface area contributed by atoms with Crippen molar-refractivity contribution >= 4 is 34.9 Å². The summed E-state index contributed by atoms with van der Waals surface area (Å²) in [5.41, 5.74) is 1.88. The van der Waals surface area contributed by atoms with Gasteiger partial charge in [-0.25, -0.2) is 15.2 Å². The Balaban J connectivity index is 1.81. The number of amides is 1. The average molecular weight is 391 g/mol. The van der Waals surface area contributed by atoms with Crippen LogP contribution in [-0.2, 0) is 25.4 Å². The van der Waals surface area contributed by atoms with E-state index in [-0.39, 0.29) is 23.5 Å². The minimum absolute atomic E-state index is 0.0381. The number of rotatable bonds is 4.